The molecule has 1 saturated heterocycles. The molecule has 1 heterocycles. The number of carbonyl (C=O) groups excluding carboxylic acids is 1. The molecule has 0 aromatic heterocycles. The van der Waals surface area contributed by atoms with Gasteiger partial charge in [0.15, 0.2) is 0 Å². The first kappa shape index (κ1) is 14.9. The molecule has 110 valence electrons. The molecular formula is C17H31NO. The molecule has 0 bridgehead atoms. The highest BCUT2D eigenvalue weighted by Crippen LogP contribution is 2.42. The molecule has 4 atom stereocenters. The van der Waals surface area contributed by atoms with Crippen LogP contribution in [-0.4, -0.2) is 22.9 Å². The molecule has 1 aliphatic carbocycles. The molecule has 0 aromatic carbocycles. The van der Waals surface area contributed by atoms with Crippen LogP contribution in [0, 0.1) is 23.7 Å². The number of nitrogens with zero attached hydrogens (tertiary/aromatic N) is 1. The predicted molar refractivity (Wildman–Crippen MR) is 79.8 cm³/mol. The highest BCUT2D eigenvalue weighted by molar-refractivity contribution is 5.79. The first-order chi connectivity index (χ1) is 8.93. The first-order valence-corrected chi connectivity index (χ1v) is 8.25. The van der Waals surface area contributed by atoms with Crippen molar-refractivity contribution >= 4 is 5.91 Å². The second kappa shape index (κ2) is 5.85. The number of hydrogen-bond donors (Lipinski definition) is 0. The molecule has 1 aliphatic heterocycles. The summed E-state index contributed by atoms with van der Waals surface area (Å²) in [5.41, 5.74) is 0. The Kier molecular flexibility index (Phi) is 4.58. The largest absolute Gasteiger partial charge is 0.336 e. The first-order valence-electron chi connectivity index (χ1n) is 8.25. The van der Waals surface area contributed by atoms with E-state index in [4.69, 9.17) is 0 Å². The molecule has 1 saturated carbocycles. The van der Waals surface area contributed by atoms with Crippen LogP contribution in [0.3, 0.4) is 0 Å². The Morgan fingerprint density at radius 1 is 1.05 bits per heavy atom. The Morgan fingerprint density at radius 2 is 1.68 bits per heavy atom. The maximum Gasteiger partial charge on any atom is 0.226 e. The Balaban J connectivity index is 2.20. The van der Waals surface area contributed by atoms with Gasteiger partial charge in [0, 0.05) is 18.0 Å². The highest BCUT2D eigenvalue weighted by Gasteiger charge is 2.46. The van der Waals surface area contributed by atoms with Gasteiger partial charge in [-0.3, -0.25) is 4.79 Å². The molecule has 2 aliphatic rings. The van der Waals surface area contributed by atoms with Crippen LogP contribution in [0.4, 0.5) is 0 Å². The molecule has 0 unspecified atom stereocenters. The molecule has 2 fully saturated rings. The van der Waals surface area contributed by atoms with Crippen LogP contribution in [-0.2, 0) is 4.79 Å². The van der Waals surface area contributed by atoms with Crippen LogP contribution in [0.2, 0.25) is 0 Å². The monoisotopic (exact) mass is 265 g/mol. The van der Waals surface area contributed by atoms with E-state index in [0.717, 1.165) is 5.92 Å². The summed E-state index contributed by atoms with van der Waals surface area (Å²) in [6.45, 7) is 11.0. The van der Waals surface area contributed by atoms with Crippen LogP contribution in [0.25, 0.3) is 0 Å². The second-order valence-electron chi connectivity index (χ2n) is 7.44. The minimum Gasteiger partial charge on any atom is -0.336 e. The zero-order valence-electron chi connectivity index (χ0n) is 13.4. The van der Waals surface area contributed by atoms with Crippen LogP contribution in [0.1, 0.15) is 66.7 Å². The van der Waals surface area contributed by atoms with Crippen molar-refractivity contribution in [2.75, 3.05) is 0 Å². The van der Waals surface area contributed by atoms with Crippen molar-refractivity contribution in [3.63, 3.8) is 0 Å². The molecule has 1 amide bonds. The summed E-state index contributed by atoms with van der Waals surface area (Å²) in [6.07, 6.45) is 6.51. The fourth-order valence-electron chi connectivity index (χ4n) is 3.94. The van der Waals surface area contributed by atoms with Gasteiger partial charge in [-0.2, -0.15) is 0 Å². The van der Waals surface area contributed by atoms with Crippen molar-refractivity contribution in [2.45, 2.75) is 78.8 Å². The van der Waals surface area contributed by atoms with E-state index >= 15 is 0 Å². The maximum atomic E-state index is 12.9. The van der Waals surface area contributed by atoms with Gasteiger partial charge in [0.1, 0.15) is 0 Å². The van der Waals surface area contributed by atoms with Gasteiger partial charge in [0.25, 0.3) is 0 Å². The van der Waals surface area contributed by atoms with Crippen molar-refractivity contribution in [3.8, 4) is 0 Å². The van der Waals surface area contributed by atoms with Crippen LogP contribution in [0.5, 0.6) is 0 Å². The number of rotatable bonds is 3. The van der Waals surface area contributed by atoms with Gasteiger partial charge in [0.05, 0.1) is 0 Å². The van der Waals surface area contributed by atoms with Crippen molar-refractivity contribution in [1.29, 1.82) is 0 Å². The molecular weight excluding hydrogens is 234 g/mol. The smallest absolute Gasteiger partial charge is 0.226 e. The summed E-state index contributed by atoms with van der Waals surface area (Å²) in [6, 6.07) is 1.04. The molecule has 2 rings (SSSR count). The number of fused-ring (bicyclic) bond motifs is 1. The third-order valence-electron chi connectivity index (χ3n) is 5.54. The van der Waals surface area contributed by atoms with E-state index in [1.54, 1.807) is 0 Å². The highest BCUT2D eigenvalue weighted by atomic mass is 16.2. The minimum absolute atomic E-state index is 0.168. The van der Waals surface area contributed by atoms with Gasteiger partial charge < -0.3 is 4.90 Å². The SMILES string of the molecule is CC(C)[C@H](C)C(=O)N1[C@@H]2CCCC[C@@H]2C[C@H]1C(C)C. The van der Waals surface area contributed by atoms with Crippen LogP contribution in [0.15, 0.2) is 0 Å². The van der Waals surface area contributed by atoms with Crippen molar-refractivity contribution in [3.05, 3.63) is 0 Å². The normalized spacial score (nSPS) is 32.8. The number of amides is 1. The van der Waals surface area contributed by atoms with E-state index < -0.39 is 0 Å². The zero-order chi connectivity index (χ0) is 14.2. The average molecular weight is 265 g/mol. The maximum absolute atomic E-state index is 12.9. The van der Waals surface area contributed by atoms with E-state index in [1.807, 2.05) is 0 Å². The van der Waals surface area contributed by atoms with Gasteiger partial charge in [-0.15, -0.1) is 0 Å². The van der Waals surface area contributed by atoms with E-state index in [2.05, 4.69) is 39.5 Å². The third-order valence-corrected chi connectivity index (χ3v) is 5.54. The Bertz CT molecular complexity index is 321. The van der Waals surface area contributed by atoms with E-state index in [9.17, 15) is 4.79 Å². The fraction of sp³-hybridized carbons (Fsp3) is 0.941. The van der Waals surface area contributed by atoms with Crippen LogP contribution >= 0.6 is 0 Å². The lowest BCUT2D eigenvalue weighted by atomic mass is 9.84. The number of likely N-dealkylation sites (tertiary alicyclic amines) is 1. The number of carbonyl (C=O) groups is 1. The summed E-state index contributed by atoms with van der Waals surface area (Å²) in [4.78, 5) is 15.2. The average Bonchev–Trinajstić information content (AvgIpc) is 2.76. The van der Waals surface area contributed by atoms with Crippen molar-refractivity contribution in [1.82, 2.24) is 4.90 Å². The van der Waals surface area contributed by atoms with Crippen molar-refractivity contribution < 1.29 is 4.79 Å². The third kappa shape index (κ3) is 2.83. The predicted octanol–water partition coefficient (Wildman–Crippen LogP) is 4.09. The van der Waals surface area contributed by atoms with Gasteiger partial charge in [-0.1, -0.05) is 47.5 Å². The lowest BCUT2D eigenvalue weighted by molar-refractivity contribution is -0.141. The molecule has 0 N–H and O–H groups in total. The Morgan fingerprint density at radius 3 is 2.26 bits per heavy atom. The molecule has 0 radical (unpaired) electrons. The Labute approximate surface area is 118 Å². The Hall–Kier alpha value is -0.530. The lowest BCUT2D eigenvalue weighted by Gasteiger charge is -2.37. The standard InChI is InChI=1S/C17H31NO/c1-11(2)13(5)17(19)18-15-9-7-6-8-14(15)10-16(18)12(3)4/h11-16H,6-10H2,1-5H3/t13-,14+,15+,16-/m0/s1. The minimum atomic E-state index is 0.168. The van der Waals surface area contributed by atoms with Gasteiger partial charge >= 0.3 is 0 Å². The molecule has 19 heavy (non-hydrogen) atoms. The summed E-state index contributed by atoms with van der Waals surface area (Å²) < 4.78 is 0. The van der Waals surface area contributed by atoms with Crippen molar-refractivity contribution in [2.24, 2.45) is 23.7 Å². The molecule has 2 heteroatoms. The summed E-state index contributed by atoms with van der Waals surface area (Å²) in [5.74, 6) is 2.41. The lowest BCUT2D eigenvalue weighted by Crippen LogP contribution is -2.48. The quantitative estimate of drug-likeness (QED) is 0.752. The summed E-state index contributed by atoms with van der Waals surface area (Å²) in [5, 5.41) is 0. The van der Waals surface area contributed by atoms with E-state index in [-0.39, 0.29) is 5.92 Å². The van der Waals surface area contributed by atoms with Gasteiger partial charge in [-0.05, 0) is 37.0 Å². The number of hydrogen-bond acceptors (Lipinski definition) is 1. The molecule has 0 aromatic rings. The summed E-state index contributed by atoms with van der Waals surface area (Å²) >= 11 is 0. The van der Waals surface area contributed by atoms with Crippen LogP contribution < -0.4 is 0 Å². The summed E-state index contributed by atoms with van der Waals surface area (Å²) in [7, 11) is 0. The molecule has 2 nitrogen and oxygen atoms in total. The van der Waals surface area contributed by atoms with E-state index in [0.29, 0.717) is 29.8 Å². The van der Waals surface area contributed by atoms with Gasteiger partial charge in [-0.25, -0.2) is 0 Å². The topological polar surface area (TPSA) is 20.3 Å². The van der Waals surface area contributed by atoms with Gasteiger partial charge in [0.2, 0.25) is 5.91 Å². The zero-order valence-corrected chi connectivity index (χ0v) is 13.4. The second-order valence-corrected chi connectivity index (χ2v) is 7.44. The fourth-order valence-corrected chi connectivity index (χ4v) is 3.94. The van der Waals surface area contributed by atoms with E-state index in [1.165, 1.54) is 32.1 Å². The molecule has 0 spiro atoms.